The van der Waals surface area contributed by atoms with Crippen LogP contribution in [0.2, 0.25) is 0 Å². The van der Waals surface area contributed by atoms with Crippen molar-refractivity contribution >= 4 is 45.5 Å². The van der Waals surface area contributed by atoms with Gasteiger partial charge in [-0.2, -0.15) is 0 Å². The van der Waals surface area contributed by atoms with Crippen molar-refractivity contribution in [2.24, 2.45) is 17.2 Å². The zero-order valence-electron chi connectivity index (χ0n) is 51.7. The number of nitrogens with one attached hydrogen (secondary N) is 3. The van der Waals surface area contributed by atoms with Crippen LogP contribution in [-0.4, -0.2) is 110 Å². The second-order valence-corrected chi connectivity index (χ2v) is 22.1. The van der Waals surface area contributed by atoms with Gasteiger partial charge in [0, 0.05) is 44.6 Å². The van der Waals surface area contributed by atoms with E-state index in [2.05, 4.69) is 175 Å². The molecule has 0 bridgehead atoms. The Balaban J connectivity index is -0.000000158. The van der Waals surface area contributed by atoms with Crippen LogP contribution in [0.4, 0.5) is 9.59 Å². The Labute approximate surface area is 561 Å². The maximum absolute atomic E-state index is 11.7. The number of alkyl carbamates (subject to hydrolysis) is 2. The van der Waals surface area contributed by atoms with E-state index in [4.69, 9.17) is 26.7 Å². The van der Waals surface area contributed by atoms with E-state index in [-0.39, 0.29) is 87.0 Å². The van der Waals surface area contributed by atoms with Gasteiger partial charge in [0.15, 0.2) is 17.4 Å². The molecule has 0 spiro atoms. The molecule has 0 unspecified atom stereocenters. The van der Waals surface area contributed by atoms with Gasteiger partial charge in [-0.3, -0.25) is 9.80 Å². The predicted molar refractivity (Wildman–Crippen MR) is 383 cm³/mol. The van der Waals surface area contributed by atoms with Crippen LogP contribution in [0.1, 0.15) is 185 Å². The molecule has 0 fully saturated rings. The molecular formula is C71H129AlBrLiN8O4. The third kappa shape index (κ3) is 60.3. The molecule has 0 aliphatic heterocycles. The molecule has 5 rings (SSSR count). The summed E-state index contributed by atoms with van der Waals surface area (Å²) < 4.78 is 10.3. The molecule has 0 saturated carbocycles. The van der Waals surface area contributed by atoms with Crippen LogP contribution in [0, 0.1) is 0 Å². The first-order chi connectivity index (χ1) is 38.1. The van der Waals surface area contributed by atoms with Gasteiger partial charge in [0.25, 0.3) is 0 Å². The molecule has 0 radical (unpaired) electrons. The fourth-order valence-corrected chi connectivity index (χ4v) is 8.11. The van der Waals surface area contributed by atoms with Crippen molar-refractivity contribution in [2.45, 2.75) is 198 Å². The minimum Gasteiger partial charge on any atom is -1.00 e. The average Bonchev–Trinajstić information content (AvgIpc) is 3.49. The second-order valence-electron chi connectivity index (χ2n) is 21.6. The van der Waals surface area contributed by atoms with Gasteiger partial charge >= 0.3 is 31.0 Å². The van der Waals surface area contributed by atoms with E-state index in [1.165, 1.54) is 53.5 Å². The summed E-state index contributed by atoms with van der Waals surface area (Å²) in [5.74, 6) is 0. The largest absolute Gasteiger partial charge is 1.00 e. The van der Waals surface area contributed by atoms with Gasteiger partial charge in [0.05, 0.1) is 0 Å². The van der Waals surface area contributed by atoms with E-state index < -0.39 is 11.2 Å². The van der Waals surface area contributed by atoms with Crippen LogP contribution in [0.5, 0.6) is 0 Å². The first-order valence-corrected chi connectivity index (χ1v) is 30.1. The maximum atomic E-state index is 11.7. The van der Waals surface area contributed by atoms with Crippen molar-refractivity contribution in [3.8, 4) is 0 Å². The number of ether oxygens (including phenoxy) is 2. The van der Waals surface area contributed by atoms with Crippen LogP contribution in [0.15, 0.2) is 152 Å². The van der Waals surface area contributed by atoms with Gasteiger partial charge in [-0.1, -0.05) is 230 Å². The van der Waals surface area contributed by atoms with Crippen molar-refractivity contribution in [2.75, 3.05) is 59.4 Å². The van der Waals surface area contributed by atoms with Gasteiger partial charge in [0.1, 0.15) is 11.2 Å². The predicted octanol–water partition coefficient (Wildman–Crippen LogP) is 12.9. The molecule has 0 aliphatic rings. The van der Waals surface area contributed by atoms with E-state index in [0.717, 1.165) is 116 Å². The number of carbonyl (C=O) groups is 2. The van der Waals surface area contributed by atoms with Crippen molar-refractivity contribution < 1.29 is 39.4 Å². The van der Waals surface area contributed by atoms with Crippen molar-refractivity contribution in [1.29, 1.82) is 0 Å². The zero-order chi connectivity index (χ0) is 58.1. The van der Waals surface area contributed by atoms with Gasteiger partial charge in [-0.15, -0.1) is 0 Å². The number of halogens is 1. The molecule has 0 atom stereocenters. The molecule has 9 N–H and O–H groups in total. The van der Waals surface area contributed by atoms with E-state index in [1.54, 1.807) is 0 Å². The summed E-state index contributed by atoms with van der Waals surface area (Å²) in [5.41, 5.74) is 21.7. The number of hydrogen-bond donors (Lipinski definition) is 6. The molecule has 0 saturated heterocycles. The summed E-state index contributed by atoms with van der Waals surface area (Å²) >= 11 is 3.36. The Morgan fingerprint density at radius 1 is 0.419 bits per heavy atom. The summed E-state index contributed by atoms with van der Waals surface area (Å²) in [6.07, 6.45) is 12.7. The van der Waals surface area contributed by atoms with E-state index in [9.17, 15) is 9.59 Å². The van der Waals surface area contributed by atoms with E-state index in [1.807, 2.05) is 66.8 Å². The molecule has 488 valence electrons. The monoisotopic (exact) mass is 1270 g/mol. The topological polar surface area (TPSA) is 173 Å². The molecule has 5 aromatic carbocycles. The second kappa shape index (κ2) is 64.0. The Kier molecular flexibility index (Phi) is 71.2. The Morgan fingerprint density at radius 2 is 0.663 bits per heavy atom. The number of unbranched alkanes of at least 4 members (excludes halogenated alkanes) is 8. The summed E-state index contributed by atoms with van der Waals surface area (Å²) in [5, 5.41) is 9.70. The molecule has 15 heteroatoms. The molecule has 0 aliphatic carbocycles. The van der Waals surface area contributed by atoms with Crippen molar-refractivity contribution in [1.82, 2.24) is 25.8 Å². The number of nitrogens with zero attached hydrogens (tertiary/aromatic N) is 2. The van der Waals surface area contributed by atoms with Crippen LogP contribution in [0.25, 0.3) is 0 Å². The molecule has 0 heterocycles. The number of amides is 2. The minimum atomic E-state index is -0.445. The molecule has 5 aromatic rings. The Bertz CT molecular complexity index is 2070. The van der Waals surface area contributed by atoms with E-state index >= 15 is 0 Å². The van der Waals surface area contributed by atoms with Crippen molar-refractivity contribution in [3.63, 3.8) is 0 Å². The summed E-state index contributed by atoms with van der Waals surface area (Å²) in [6, 6.07) is 53.1. The number of alkyl halides is 1. The first kappa shape index (κ1) is 95.7. The summed E-state index contributed by atoms with van der Waals surface area (Å²) in [7, 11) is 2.02. The van der Waals surface area contributed by atoms with Crippen LogP contribution in [0.3, 0.4) is 0 Å². The normalized spacial score (nSPS) is 9.97. The zero-order valence-corrected chi connectivity index (χ0v) is 52.3. The number of carbonyl (C=O) groups excluding carboxylic acids is 2. The third-order valence-electron chi connectivity index (χ3n) is 11.7. The minimum absolute atomic E-state index is 0. The number of nitrogens with two attached hydrogens (primary N) is 3. The number of hydrogen-bond acceptors (Lipinski definition) is 10. The Morgan fingerprint density at radius 3 is 0.895 bits per heavy atom. The first-order valence-electron chi connectivity index (χ1n) is 29.0. The fourth-order valence-electron chi connectivity index (χ4n) is 7.73. The Hall–Kier alpha value is -3.99. The standard InChI is InChI=1S/C24H34N2O2.C20H28N2.C10H22N2O2.C7H7Br.C5H14N2.5CH4.Al.Li.4H/c1-24(2,3)28-23(27)25-17-11-6-12-18-26(19-21-13-7-4-8-14-21)20-22-15-9-5-10-16-22;1-21-15-9-4-10-16-22(17-19-11-5-2-6-12-19)18-20-13-7-3-8-14-20;1-10(2,3)14-9(13)12-8-6-4-5-7-11;8-6-7-4-2-1-3-5-7;6-4-2-1-3-5-7;;;;;;;;;;;/h4-5,7-10,13-16H,6,11-12,17-20H2,1-3H3,(H,25,27);2-3,5-8,11-14,21H,4,9-10,15-18H2,1H3;4-8,11H2,1-3H3,(H,12,13);1-5H,6H2;1-7H2;5*1H4;;;;;;/q;;;;;;;;;;;+1;;;;-1. The van der Waals surface area contributed by atoms with Gasteiger partial charge in [-0.25, -0.2) is 9.59 Å². The number of benzene rings is 5. The molecular weight excluding hydrogens is 1140 g/mol. The molecule has 2 amide bonds. The average molecular weight is 1270 g/mol. The van der Waals surface area contributed by atoms with E-state index in [0.29, 0.717) is 19.6 Å². The fraction of sp³-hybridized carbons (Fsp3) is 0.549. The smallest absolute Gasteiger partial charge is 1.00 e. The maximum Gasteiger partial charge on any atom is 1.00 e. The summed E-state index contributed by atoms with van der Waals surface area (Å²) in [4.78, 5) is 27.8. The van der Waals surface area contributed by atoms with Crippen molar-refractivity contribution in [3.05, 3.63) is 179 Å². The van der Waals surface area contributed by atoms with Gasteiger partial charge in [0.2, 0.25) is 0 Å². The van der Waals surface area contributed by atoms with Gasteiger partial charge in [-0.05, 0) is 167 Å². The molecule has 12 nitrogen and oxygen atoms in total. The number of rotatable bonds is 30. The summed E-state index contributed by atoms with van der Waals surface area (Å²) in [6.45, 7) is 22.1. The SMILES string of the molecule is BrCc1ccccc1.C.C.C.C.C.CC(C)(C)OC(=O)NCCCCCN.CC(C)(C)OC(=O)NCCCCCN(Cc1ccccc1)Cc1ccccc1.CNCCCCCN(Cc1ccccc1)Cc1ccccc1.NCCCCCN.[AlH3].[H-].[Li+]. The van der Waals surface area contributed by atoms with Crippen LogP contribution >= 0.6 is 15.9 Å². The molecule has 0 aromatic heterocycles. The molecule has 86 heavy (non-hydrogen) atoms. The quantitative estimate of drug-likeness (QED) is 0.0148. The van der Waals surface area contributed by atoms with Crippen LogP contribution in [-0.2, 0) is 41.0 Å². The van der Waals surface area contributed by atoms with Crippen LogP contribution < -0.4 is 52.0 Å². The third-order valence-corrected chi connectivity index (χ3v) is 12.3. The van der Waals surface area contributed by atoms with Gasteiger partial charge < -0.3 is 44.1 Å².